The molecule has 0 unspecified atom stereocenters. The Balaban J connectivity index is 2.41. The molecule has 0 heterocycles. The fraction of sp³-hybridized carbons (Fsp3) is 0. The van der Waals surface area contributed by atoms with Crippen LogP contribution in [0.1, 0.15) is 0 Å². The number of sulfonamides is 1. The van der Waals surface area contributed by atoms with E-state index in [1.54, 1.807) is 0 Å². The fourth-order valence-corrected chi connectivity index (χ4v) is 3.00. The maximum atomic E-state index is 12.9. The van der Waals surface area contributed by atoms with Crippen LogP contribution in [-0.4, -0.2) is 8.42 Å². The number of anilines is 2. The molecule has 2 rings (SSSR count). The van der Waals surface area contributed by atoms with Crippen LogP contribution >= 0.6 is 11.6 Å². The Morgan fingerprint density at radius 3 is 2.25 bits per heavy atom. The zero-order valence-electron chi connectivity index (χ0n) is 9.90. The summed E-state index contributed by atoms with van der Waals surface area (Å²) in [6, 6.07) is 6.09. The molecule has 0 saturated carbocycles. The average Bonchev–Trinajstić information content (AvgIpc) is 2.32. The molecule has 106 valence electrons. The Bertz CT molecular complexity index is 766. The zero-order chi connectivity index (χ0) is 14.9. The van der Waals surface area contributed by atoms with Crippen molar-refractivity contribution in [1.82, 2.24) is 0 Å². The molecule has 0 fully saturated rings. The van der Waals surface area contributed by atoms with Crippen LogP contribution in [0.5, 0.6) is 0 Å². The van der Waals surface area contributed by atoms with E-state index in [1.165, 1.54) is 6.07 Å². The van der Waals surface area contributed by atoms with Gasteiger partial charge >= 0.3 is 0 Å². The normalized spacial score (nSPS) is 11.3. The average molecular weight is 319 g/mol. The van der Waals surface area contributed by atoms with Gasteiger partial charge in [-0.15, -0.1) is 0 Å². The Kier molecular flexibility index (Phi) is 3.82. The van der Waals surface area contributed by atoms with E-state index in [-0.39, 0.29) is 21.3 Å². The lowest BCUT2D eigenvalue weighted by Crippen LogP contribution is -2.15. The maximum absolute atomic E-state index is 12.9. The Morgan fingerprint density at radius 1 is 1.05 bits per heavy atom. The van der Waals surface area contributed by atoms with E-state index in [2.05, 4.69) is 4.72 Å². The summed E-state index contributed by atoms with van der Waals surface area (Å²) in [4.78, 5) is -0.292. The lowest BCUT2D eigenvalue weighted by atomic mass is 10.3. The van der Waals surface area contributed by atoms with Crippen molar-refractivity contribution in [3.63, 3.8) is 0 Å². The number of nitrogens with one attached hydrogen (secondary N) is 1. The van der Waals surface area contributed by atoms with Crippen molar-refractivity contribution in [2.45, 2.75) is 4.90 Å². The first-order valence-electron chi connectivity index (χ1n) is 5.32. The lowest BCUT2D eigenvalue weighted by Gasteiger charge is -2.11. The third kappa shape index (κ3) is 3.00. The van der Waals surface area contributed by atoms with Crippen molar-refractivity contribution in [3.8, 4) is 0 Å². The van der Waals surface area contributed by atoms with Gasteiger partial charge in [0.05, 0.1) is 16.4 Å². The fourth-order valence-electron chi connectivity index (χ4n) is 1.54. The van der Waals surface area contributed by atoms with Gasteiger partial charge in [0.25, 0.3) is 10.0 Å². The molecule has 0 aliphatic rings. The summed E-state index contributed by atoms with van der Waals surface area (Å²) >= 11 is 5.73. The number of hydrogen-bond acceptors (Lipinski definition) is 3. The minimum atomic E-state index is -4.04. The molecule has 0 atom stereocenters. The van der Waals surface area contributed by atoms with E-state index in [0.29, 0.717) is 0 Å². The smallest absolute Gasteiger partial charge is 0.263 e. The highest BCUT2D eigenvalue weighted by atomic mass is 35.5. The van der Waals surface area contributed by atoms with Crippen molar-refractivity contribution in [1.29, 1.82) is 0 Å². The quantitative estimate of drug-likeness (QED) is 0.854. The molecule has 2 aromatic rings. The number of halogens is 3. The Labute approximate surface area is 119 Å². The third-order valence-corrected chi connectivity index (χ3v) is 4.19. The molecule has 0 bridgehead atoms. The predicted octanol–water partition coefficient (Wildman–Crippen LogP) is 3.00. The highest BCUT2D eigenvalue weighted by molar-refractivity contribution is 7.92. The Hall–Kier alpha value is -1.86. The SMILES string of the molecule is Nc1cc(F)ccc1S(=O)(=O)Nc1ccc(F)cc1Cl. The number of benzene rings is 2. The summed E-state index contributed by atoms with van der Waals surface area (Å²) in [7, 11) is -4.04. The molecular formula is C12H9ClF2N2O2S. The maximum Gasteiger partial charge on any atom is 0.263 e. The highest BCUT2D eigenvalue weighted by Gasteiger charge is 2.19. The van der Waals surface area contributed by atoms with E-state index >= 15 is 0 Å². The van der Waals surface area contributed by atoms with Gasteiger partial charge in [-0.25, -0.2) is 17.2 Å². The van der Waals surface area contributed by atoms with Gasteiger partial charge in [-0.3, -0.25) is 4.72 Å². The molecule has 4 nitrogen and oxygen atoms in total. The van der Waals surface area contributed by atoms with Crippen LogP contribution in [0.25, 0.3) is 0 Å². The monoisotopic (exact) mass is 318 g/mol. The molecule has 0 amide bonds. The van der Waals surface area contributed by atoms with Gasteiger partial charge in [0.1, 0.15) is 16.5 Å². The van der Waals surface area contributed by atoms with Crippen LogP contribution in [-0.2, 0) is 10.0 Å². The summed E-state index contributed by atoms with van der Waals surface area (Å²) in [6.07, 6.45) is 0. The number of rotatable bonds is 3. The van der Waals surface area contributed by atoms with Gasteiger partial charge < -0.3 is 5.73 Å². The van der Waals surface area contributed by atoms with E-state index in [4.69, 9.17) is 17.3 Å². The van der Waals surface area contributed by atoms with Crippen LogP contribution in [0.3, 0.4) is 0 Å². The summed E-state index contributed by atoms with van der Waals surface area (Å²) in [5.74, 6) is -1.25. The molecular weight excluding hydrogens is 310 g/mol. The zero-order valence-corrected chi connectivity index (χ0v) is 11.5. The van der Waals surface area contributed by atoms with Crippen molar-refractivity contribution in [2.24, 2.45) is 0 Å². The molecule has 0 radical (unpaired) electrons. The first-order valence-corrected chi connectivity index (χ1v) is 7.18. The second kappa shape index (κ2) is 5.26. The summed E-state index contributed by atoms with van der Waals surface area (Å²) < 4.78 is 52.2. The molecule has 0 aliphatic heterocycles. The van der Waals surface area contributed by atoms with Crippen molar-refractivity contribution in [3.05, 3.63) is 53.1 Å². The molecule has 8 heteroatoms. The summed E-state index contributed by atoms with van der Waals surface area (Å²) in [6.45, 7) is 0. The molecule has 2 aromatic carbocycles. The van der Waals surface area contributed by atoms with Gasteiger partial charge in [0.2, 0.25) is 0 Å². The van der Waals surface area contributed by atoms with Crippen LogP contribution in [0, 0.1) is 11.6 Å². The van der Waals surface area contributed by atoms with E-state index in [9.17, 15) is 17.2 Å². The minimum Gasteiger partial charge on any atom is -0.398 e. The van der Waals surface area contributed by atoms with Gasteiger partial charge in [-0.05, 0) is 36.4 Å². The second-order valence-electron chi connectivity index (χ2n) is 3.91. The standard InChI is InChI=1S/C12H9ClF2N2O2S/c13-9-5-7(14)1-3-11(9)17-20(18,19)12-4-2-8(15)6-10(12)16/h1-6,17H,16H2. The summed E-state index contributed by atoms with van der Waals surface area (Å²) in [5.41, 5.74) is 5.23. The number of nitrogens with two attached hydrogens (primary N) is 1. The van der Waals surface area contributed by atoms with E-state index < -0.39 is 21.7 Å². The Morgan fingerprint density at radius 2 is 1.65 bits per heavy atom. The van der Waals surface area contributed by atoms with Crippen molar-refractivity contribution >= 4 is 33.0 Å². The molecule has 0 aromatic heterocycles. The summed E-state index contributed by atoms with van der Waals surface area (Å²) in [5, 5.41) is -0.103. The second-order valence-corrected chi connectivity index (χ2v) is 5.97. The lowest BCUT2D eigenvalue weighted by molar-refractivity contribution is 0.600. The first-order chi connectivity index (χ1) is 9.29. The van der Waals surface area contributed by atoms with Gasteiger partial charge in [-0.1, -0.05) is 11.6 Å². The van der Waals surface area contributed by atoms with Crippen molar-refractivity contribution < 1.29 is 17.2 Å². The van der Waals surface area contributed by atoms with Crippen LogP contribution in [0.2, 0.25) is 5.02 Å². The van der Waals surface area contributed by atoms with Gasteiger partial charge in [-0.2, -0.15) is 0 Å². The van der Waals surface area contributed by atoms with Crippen LogP contribution < -0.4 is 10.5 Å². The molecule has 20 heavy (non-hydrogen) atoms. The molecule has 3 N–H and O–H groups in total. The molecule has 0 spiro atoms. The van der Waals surface area contributed by atoms with Crippen LogP contribution in [0.15, 0.2) is 41.3 Å². The van der Waals surface area contributed by atoms with E-state index in [1.807, 2.05) is 0 Å². The van der Waals surface area contributed by atoms with E-state index in [0.717, 1.165) is 30.3 Å². The largest absolute Gasteiger partial charge is 0.398 e. The topological polar surface area (TPSA) is 72.2 Å². The van der Waals surface area contributed by atoms with Gasteiger partial charge in [0, 0.05) is 0 Å². The van der Waals surface area contributed by atoms with Crippen molar-refractivity contribution in [2.75, 3.05) is 10.5 Å². The minimum absolute atomic E-state index is 0.00297. The highest BCUT2D eigenvalue weighted by Crippen LogP contribution is 2.27. The molecule has 0 saturated heterocycles. The van der Waals surface area contributed by atoms with Gasteiger partial charge in [0.15, 0.2) is 0 Å². The number of hydrogen-bond donors (Lipinski definition) is 2. The third-order valence-electron chi connectivity index (χ3n) is 2.44. The predicted molar refractivity (Wildman–Crippen MR) is 73.0 cm³/mol. The van der Waals surface area contributed by atoms with Crippen LogP contribution in [0.4, 0.5) is 20.2 Å². The number of nitrogen functional groups attached to an aromatic ring is 1. The first kappa shape index (κ1) is 14.5. The molecule has 0 aliphatic carbocycles.